The lowest BCUT2D eigenvalue weighted by atomic mass is 9.89. The van der Waals surface area contributed by atoms with Crippen LogP contribution in [-0.4, -0.2) is 24.6 Å². The molecule has 1 aliphatic rings. The molecule has 108 valence electrons. The molecular weight excluding hydrogens is 268 g/mol. The highest BCUT2D eigenvalue weighted by Crippen LogP contribution is 2.31. The van der Waals surface area contributed by atoms with Gasteiger partial charge in [0.25, 0.3) is 0 Å². The lowest BCUT2D eigenvalue weighted by Crippen LogP contribution is -2.29. The van der Waals surface area contributed by atoms with Crippen molar-refractivity contribution in [3.8, 4) is 17.2 Å². The van der Waals surface area contributed by atoms with E-state index in [2.05, 4.69) is 0 Å². The molecule has 1 heterocycles. The highest BCUT2D eigenvalue weighted by atomic mass is 16.5. The minimum atomic E-state index is -0.199. The number of hydrogen-bond donors (Lipinski definition) is 1. The molecule has 0 amide bonds. The predicted octanol–water partition coefficient (Wildman–Crippen LogP) is 2.83. The summed E-state index contributed by atoms with van der Waals surface area (Å²) < 4.78 is 10.7. The molecule has 0 spiro atoms. The maximum Gasteiger partial charge on any atom is 0.173 e. The fourth-order valence-electron chi connectivity index (χ4n) is 2.52. The third kappa shape index (κ3) is 2.70. The summed E-state index contributed by atoms with van der Waals surface area (Å²) in [5, 5.41) is 9.42. The van der Waals surface area contributed by atoms with Crippen molar-refractivity contribution in [3.05, 3.63) is 53.6 Å². The van der Waals surface area contributed by atoms with Crippen LogP contribution in [0.4, 0.5) is 0 Å². The standard InChI is InChI=1S/C17H16O4/c1-20-14-5-2-11(3-6-14)8-12-10-21-16-9-13(18)4-7-15(16)17(12)19/h2-7,9,12,18H,8,10H2,1H3/t12-/m0/s1. The van der Waals surface area contributed by atoms with Crippen molar-refractivity contribution >= 4 is 5.78 Å². The Morgan fingerprint density at radius 1 is 1.24 bits per heavy atom. The Labute approximate surface area is 122 Å². The summed E-state index contributed by atoms with van der Waals surface area (Å²) in [6.45, 7) is 0.335. The highest BCUT2D eigenvalue weighted by Gasteiger charge is 2.29. The van der Waals surface area contributed by atoms with Crippen LogP contribution in [0.1, 0.15) is 15.9 Å². The van der Waals surface area contributed by atoms with E-state index in [1.54, 1.807) is 13.2 Å². The smallest absolute Gasteiger partial charge is 0.173 e. The zero-order valence-corrected chi connectivity index (χ0v) is 11.7. The molecule has 0 saturated carbocycles. The Morgan fingerprint density at radius 3 is 2.71 bits per heavy atom. The van der Waals surface area contributed by atoms with E-state index in [0.717, 1.165) is 11.3 Å². The SMILES string of the molecule is COc1ccc(C[C@H]2COc3cc(O)ccc3C2=O)cc1. The number of rotatable bonds is 3. The molecule has 1 aliphatic heterocycles. The molecule has 0 saturated heterocycles. The Morgan fingerprint density at radius 2 is 2.00 bits per heavy atom. The summed E-state index contributed by atoms with van der Waals surface area (Å²) in [4.78, 5) is 12.5. The van der Waals surface area contributed by atoms with Crippen LogP contribution in [0, 0.1) is 5.92 Å². The zero-order chi connectivity index (χ0) is 14.8. The van der Waals surface area contributed by atoms with Crippen molar-refractivity contribution in [2.75, 3.05) is 13.7 Å². The molecule has 0 bridgehead atoms. The highest BCUT2D eigenvalue weighted by molar-refractivity contribution is 6.01. The van der Waals surface area contributed by atoms with Gasteiger partial charge in [0.05, 0.1) is 25.2 Å². The Balaban J connectivity index is 1.78. The van der Waals surface area contributed by atoms with E-state index in [0.29, 0.717) is 24.3 Å². The zero-order valence-electron chi connectivity index (χ0n) is 11.7. The molecule has 4 heteroatoms. The average Bonchev–Trinajstić information content (AvgIpc) is 2.51. The molecule has 0 fully saturated rings. The number of benzene rings is 2. The van der Waals surface area contributed by atoms with Crippen LogP contribution in [0.2, 0.25) is 0 Å². The van der Waals surface area contributed by atoms with Crippen LogP contribution in [-0.2, 0) is 6.42 Å². The first-order valence-electron chi connectivity index (χ1n) is 6.80. The number of Topliss-reactive ketones (excluding diaryl/α,β-unsaturated/α-hetero) is 1. The topological polar surface area (TPSA) is 55.8 Å². The Hall–Kier alpha value is -2.49. The van der Waals surface area contributed by atoms with Gasteiger partial charge in [0.2, 0.25) is 0 Å². The van der Waals surface area contributed by atoms with E-state index in [4.69, 9.17) is 9.47 Å². The second kappa shape index (κ2) is 5.48. The molecule has 4 nitrogen and oxygen atoms in total. The second-order valence-corrected chi connectivity index (χ2v) is 5.10. The summed E-state index contributed by atoms with van der Waals surface area (Å²) in [7, 11) is 1.62. The van der Waals surface area contributed by atoms with E-state index >= 15 is 0 Å². The van der Waals surface area contributed by atoms with Gasteiger partial charge in [-0.3, -0.25) is 4.79 Å². The molecule has 2 aromatic carbocycles. The van der Waals surface area contributed by atoms with Crippen molar-refractivity contribution in [1.29, 1.82) is 0 Å². The maximum absolute atomic E-state index is 12.5. The number of ketones is 1. The molecule has 0 unspecified atom stereocenters. The van der Waals surface area contributed by atoms with Crippen LogP contribution in [0.3, 0.4) is 0 Å². The fourth-order valence-corrected chi connectivity index (χ4v) is 2.52. The number of phenols is 1. The summed E-state index contributed by atoms with van der Waals surface area (Å²) in [6.07, 6.45) is 0.628. The van der Waals surface area contributed by atoms with Gasteiger partial charge >= 0.3 is 0 Å². The van der Waals surface area contributed by atoms with Gasteiger partial charge in [-0.1, -0.05) is 12.1 Å². The number of carbonyl (C=O) groups is 1. The van der Waals surface area contributed by atoms with Gasteiger partial charge in [-0.2, -0.15) is 0 Å². The van der Waals surface area contributed by atoms with Crippen molar-refractivity contribution < 1.29 is 19.4 Å². The lowest BCUT2D eigenvalue weighted by molar-refractivity contribution is 0.0830. The summed E-state index contributed by atoms with van der Waals surface area (Å²) in [6, 6.07) is 12.3. The van der Waals surface area contributed by atoms with Crippen LogP contribution in [0.5, 0.6) is 17.2 Å². The first kappa shape index (κ1) is 13.5. The number of fused-ring (bicyclic) bond motifs is 1. The molecule has 3 rings (SSSR count). The van der Waals surface area contributed by atoms with Gasteiger partial charge in [0, 0.05) is 6.07 Å². The summed E-state index contributed by atoms with van der Waals surface area (Å²) in [5.41, 5.74) is 1.61. The van der Waals surface area contributed by atoms with Crippen LogP contribution in [0.25, 0.3) is 0 Å². The Kier molecular flexibility index (Phi) is 3.52. The van der Waals surface area contributed by atoms with Crippen molar-refractivity contribution in [2.24, 2.45) is 5.92 Å². The van der Waals surface area contributed by atoms with Gasteiger partial charge < -0.3 is 14.6 Å². The number of phenolic OH excluding ortho intramolecular Hbond substituents is 1. The third-order valence-corrected chi connectivity index (χ3v) is 3.68. The monoisotopic (exact) mass is 284 g/mol. The van der Waals surface area contributed by atoms with Crippen LogP contribution in [0.15, 0.2) is 42.5 Å². The normalized spacial score (nSPS) is 17.0. The van der Waals surface area contributed by atoms with Crippen molar-refractivity contribution in [3.63, 3.8) is 0 Å². The molecule has 2 aromatic rings. The Bertz CT molecular complexity index is 661. The van der Waals surface area contributed by atoms with Crippen molar-refractivity contribution in [2.45, 2.75) is 6.42 Å². The molecule has 1 atom stereocenters. The molecule has 1 N–H and O–H groups in total. The lowest BCUT2D eigenvalue weighted by Gasteiger charge is -2.24. The van der Waals surface area contributed by atoms with E-state index < -0.39 is 0 Å². The molecule has 0 radical (unpaired) electrons. The number of hydrogen-bond acceptors (Lipinski definition) is 4. The first-order chi connectivity index (χ1) is 10.2. The minimum absolute atomic E-state index is 0.0621. The molecule has 0 aromatic heterocycles. The molecule has 0 aliphatic carbocycles. The predicted molar refractivity (Wildman–Crippen MR) is 78.1 cm³/mol. The largest absolute Gasteiger partial charge is 0.508 e. The second-order valence-electron chi connectivity index (χ2n) is 5.10. The van der Waals surface area contributed by atoms with Gasteiger partial charge in [0.15, 0.2) is 5.78 Å². The number of aromatic hydroxyl groups is 1. The first-order valence-corrected chi connectivity index (χ1v) is 6.80. The van der Waals surface area contributed by atoms with E-state index in [9.17, 15) is 9.90 Å². The quantitative estimate of drug-likeness (QED) is 0.941. The van der Waals surface area contributed by atoms with E-state index in [1.807, 2.05) is 24.3 Å². The number of carbonyl (C=O) groups excluding carboxylic acids is 1. The van der Waals surface area contributed by atoms with Gasteiger partial charge in [-0.25, -0.2) is 0 Å². The van der Waals surface area contributed by atoms with Crippen LogP contribution < -0.4 is 9.47 Å². The molecule has 21 heavy (non-hydrogen) atoms. The summed E-state index contributed by atoms with van der Waals surface area (Å²) >= 11 is 0. The van der Waals surface area contributed by atoms with Gasteiger partial charge in [-0.05, 0) is 36.2 Å². The summed E-state index contributed by atoms with van der Waals surface area (Å²) in [5.74, 6) is 1.23. The number of methoxy groups -OCH3 is 1. The average molecular weight is 284 g/mol. The van der Waals surface area contributed by atoms with E-state index in [1.165, 1.54) is 12.1 Å². The maximum atomic E-state index is 12.5. The fraction of sp³-hybridized carbons (Fsp3) is 0.235. The number of ether oxygens (including phenoxy) is 2. The van der Waals surface area contributed by atoms with Crippen molar-refractivity contribution in [1.82, 2.24) is 0 Å². The molecular formula is C17H16O4. The van der Waals surface area contributed by atoms with Crippen LogP contribution >= 0.6 is 0 Å². The third-order valence-electron chi connectivity index (χ3n) is 3.68. The van der Waals surface area contributed by atoms with Gasteiger partial charge in [0.1, 0.15) is 17.2 Å². The van der Waals surface area contributed by atoms with E-state index in [-0.39, 0.29) is 17.5 Å². The minimum Gasteiger partial charge on any atom is -0.508 e. The van der Waals surface area contributed by atoms with Gasteiger partial charge in [-0.15, -0.1) is 0 Å².